The fourth-order valence-electron chi connectivity index (χ4n) is 4.01. The van der Waals surface area contributed by atoms with Crippen molar-refractivity contribution in [3.05, 3.63) is 47.5 Å². The molecule has 2 aromatic carbocycles. The maximum Gasteiger partial charge on any atom is 0.407 e. The Morgan fingerprint density at radius 1 is 1.31 bits per heavy atom. The molecule has 12 heteroatoms. The van der Waals surface area contributed by atoms with E-state index in [-0.39, 0.29) is 17.7 Å². The molecule has 1 aromatic heterocycles. The van der Waals surface area contributed by atoms with Crippen LogP contribution >= 0.6 is 11.6 Å². The number of hydrogen-bond acceptors (Lipinski definition) is 8. The third-order valence-corrected chi connectivity index (χ3v) is 6.10. The Labute approximate surface area is 204 Å². The predicted molar refractivity (Wildman–Crippen MR) is 128 cm³/mol. The lowest BCUT2D eigenvalue weighted by Crippen LogP contribution is -2.38. The van der Waals surface area contributed by atoms with Gasteiger partial charge in [0.2, 0.25) is 0 Å². The smallest absolute Gasteiger partial charge is 0.407 e. The standard InChI is InChI=1S/C23H22ClFN6O4/c1-31-5-4-13(9-31)35-20-8-17-14(7-18(20)29-22(32)19-10-34-23(33)30-19)21(27-11-26-17)28-12-2-3-16(25)15(24)6-12/h2-3,6-8,11,13,19H,4-5,9-10H2,1H3,(H,29,32)(H,30,33)(H,26,27,28)/t13-,19-/m0/s1. The van der Waals surface area contributed by atoms with E-state index in [0.717, 1.165) is 19.5 Å². The normalized spacial score (nSPS) is 19.9. The number of benzene rings is 2. The molecule has 0 unspecified atom stereocenters. The Hall–Kier alpha value is -3.70. The number of alkyl carbamates (subject to hydrolysis) is 1. The highest BCUT2D eigenvalue weighted by molar-refractivity contribution is 6.31. The van der Waals surface area contributed by atoms with E-state index in [9.17, 15) is 14.0 Å². The Morgan fingerprint density at radius 3 is 2.89 bits per heavy atom. The number of carbonyl (C=O) groups is 2. The summed E-state index contributed by atoms with van der Waals surface area (Å²) in [5.74, 6) is -0.0962. The van der Waals surface area contributed by atoms with Crippen LogP contribution in [0.3, 0.4) is 0 Å². The fraction of sp³-hybridized carbons (Fsp3) is 0.304. The van der Waals surface area contributed by atoms with Crippen molar-refractivity contribution in [1.29, 1.82) is 0 Å². The fourth-order valence-corrected chi connectivity index (χ4v) is 4.19. The van der Waals surface area contributed by atoms with Crippen molar-refractivity contribution < 1.29 is 23.5 Å². The molecular formula is C23H22ClFN6O4. The second kappa shape index (κ2) is 9.51. The van der Waals surface area contributed by atoms with Crippen molar-refractivity contribution in [2.45, 2.75) is 18.6 Å². The minimum absolute atomic E-state index is 0.0284. The lowest BCUT2D eigenvalue weighted by Gasteiger charge is -2.19. The summed E-state index contributed by atoms with van der Waals surface area (Å²) in [6, 6.07) is 6.85. The molecular weight excluding hydrogens is 479 g/mol. The van der Waals surface area contributed by atoms with E-state index in [0.29, 0.717) is 33.8 Å². The van der Waals surface area contributed by atoms with Crippen LogP contribution in [-0.4, -0.2) is 65.8 Å². The van der Waals surface area contributed by atoms with Crippen LogP contribution in [0.5, 0.6) is 5.75 Å². The molecule has 2 atom stereocenters. The molecule has 2 aliphatic rings. The van der Waals surface area contributed by atoms with Crippen molar-refractivity contribution in [3.8, 4) is 5.75 Å². The monoisotopic (exact) mass is 500 g/mol. The van der Waals surface area contributed by atoms with E-state index in [4.69, 9.17) is 21.1 Å². The van der Waals surface area contributed by atoms with Crippen molar-refractivity contribution >= 4 is 51.7 Å². The van der Waals surface area contributed by atoms with Crippen molar-refractivity contribution in [1.82, 2.24) is 20.2 Å². The molecule has 0 bridgehead atoms. The van der Waals surface area contributed by atoms with E-state index in [2.05, 4.69) is 30.8 Å². The van der Waals surface area contributed by atoms with E-state index in [1.54, 1.807) is 12.1 Å². The molecule has 0 saturated carbocycles. The number of amides is 2. The highest BCUT2D eigenvalue weighted by Crippen LogP contribution is 2.35. The van der Waals surface area contributed by atoms with Crippen molar-refractivity contribution in [2.24, 2.45) is 0 Å². The summed E-state index contributed by atoms with van der Waals surface area (Å²) in [6.45, 7) is 1.59. The molecule has 3 aromatic rings. The first kappa shape index (κ1) is 23.1. The number of likely N-dealkylation sites (tertiary alicyclic amines) is 1. The summed E-state index contributed by atoms with van der Waals surface area (Å²) in [4.78, 5) is 35.0. The number of anilines is 3. The van der Waals surface area contributed by atoms with Gasteiger partial charge in [-0.2, -0.15) is 0 Å². The van der Waals surface area contributed by atoms with Crippen LogP contribution in [0.2, 0.25) is 5.02 Å². The third-order valence-electron chi connectivity index (χ3n) is 5.81. The summed E-state index contributed by atoms with van der Waals surface area (Å²) in [5, 5.41) is 8.97. The van der Waals surface area contributed by atoms with Gasteiger partial charge in [0.25, 0.3) is 5.91 Å². The topological polar surface area (TPSA) is 118 Å². The highest BCUT2D eigenvalue weighted by atomic mass is 35.5. The Morgan fingerprint density at radius 2 is 2.17 bits per heavy atom. The molecule has 10 nitrogen and oxygen atoms in total. The van der Waals surface area contributed by atoms with Crippen molar-refractivity contribution in [2.75, 3.05) is 37.4 Å². The summed E-state index contributed by atoms with van der Waals surface area (Å²) >= 11 is 5.91. The van der Waals surface area contributed by atoms with Gasteiger partial charge in [-0.05, 0) is 37.7 Å². The third kappa shape index (κ3) is 5.05. The molecule has 5 rings (SSSR count). The number of cyclic esters (lactones) is 1. The Balaban J connectivity index is 1.50. The number of carbonyl (C=O) groups excluding carboxylic acids is 2. The molecule has 0 radical (unpaired) electrons. The molecule has 2 fully saturated rings. The zero-order valence-electron chi connectivity index (χ0n) is 18.7. The molecule has 0 aliphatic carbocycles. The molecule has 182 valence electrons. The zero-order chi connectivity index (χ0) is 24.5. The summed E-state index contributed by atoms with van der Waals surface area (Å²) < 4.78 is 24.6. The Kier molecular flexibility index (Phi) is 6.27. The zero-order valence-corrected chi connectivity index (χ0v) is 19.4. The van der Waals surface area contributed by atoms with Crippen LogP contribution in [0.15, 0.2) is 36.7 Å². The first-order valence-electron chi connectivity index (χ1n) is 11.0. The quantitative estimate of drug-likeness (QED) is 0.472. The minimum atomic E-state index is -0.824. The van der Waals surface area contributed by atoms with E-state index >= 15 is 0 Å². The van der Waals surface area contributed by atoms with Crippen molar-refractivity contribution in [3.63, 3.8) is 0 Å². The number of fused-ring (bicyclic) bond motifs is 1. The van der Waals surface area contributed by atoms with Gasteiger partial charge in [0.15, 0.2) is 0 Å². The van der Waals surface area contributed by atoms with E-state index < -0.39 is 23.9 Å². The second-order valence-electron chi connectivity index (χ2n) is 8.42. The molecule has 35 heavy (non-hydrogen) atoms. The van der Waals surface area contributed by atoms with Crippen LogP contribution in [0.1, 0.15) is 6.42 Å². The minimum Gasteiger partial charge on any atom is -0.487 e. The number of nitrogens with zero attached hydrogens (tertiary/aromatic N) is 3. The predicted octanol–water partition coefficient (Wildman–Crippen LogP) is 3.30. The van der Waals surface area contributed by atoms with Gasteiger partial charge in [-0.15, -0.1) is 0 Å². The maximum absolute atomic E-state index is 13.6. The number of aromatic nitrogens is 2. The summed E-state index contributed by atoms with van der Waals surface area (Å²) in [6.07, 6.45) is 1.54. The molecule has 0 spiro atoms. The number of nitrogens with one attached hydrogen (secondary N) is 3. The number of hydrogen-bond donors (Lipinski definition) is 3. The van der Waals surface area contributed by atoms with Gasteiger partial charge in [0.05, 0.1) is 16.2 Å². The number of halogens is 2. The van der Waals surface area contributed by atoms with Crippen LogP contribution in [0, 0.1) is 5.82 Å². The summed E-state index contributed by atoms with van der Waals surface area (Å²) in [5.41, 5.74) is 1.50. The largest absolute Gasteiger partial charge is 0.487 e. The molecule has 2 saturated heterocycles. The Bertz CT molecular complexity index is 1310. The SMILES string of the molecule is CN1CC[C@H](Oc2cc3ncnc(Nc4ccc(F)c(Cl)c4)c3cc2NC(=O)[C@@H]2COC(=O)N2)C1. The molecule has 2 aliphatic heterocycles. The highest BCUT2D eigenvalue weighted by Gasteiger charge is 2.30. The maximum atomic E-state index is 13.6. The lowest BCUT2D eigenvalue weighted by atomic mass is 10.1. The van der Waals surface area contributed by atoms with Crippen LogP contribution in [-0.2, 0) is 9.53 Å². The van der Waals surface area contributed by atoms with Gasteiger partial charge in [0, 0.05) is 30.2 Å². The van der Waals surface area contributed by atoms with E-state index in [1.165, 1.54) is 24.5 Å². The van der Waals surface area contributed by atoms with Crippen LogP contribution in [0.4, 0.5) is 26.4 Å². The van der Waals surface area contributed by atoms with Crippen LogP contribution < -0.4 is 20.7 Å². The first-order valence-corrected chi connectivity index (χ1v) is 11.3. The number of likely N-dealkylation sites (N-methyl/N-ethyl adjacent to an activating group) is 1. The van der Waals surface area contributed by atoms with Gasteiger partial charge < -0.3 is 30.3 Å². The number of ether oxygens (including phenoxy) is 2. The first-order chi connectivity index (χ1) is 16.9. The molecule has 3 N–H and O–H groups in total. The van der Waals surface area contributed by atoms with Gasteiger partial charge in [-0.3, -0.25) is 4.79 Å². The molecule has 2 amide bonds. The second-order valence-corrected chi connectivity index (χ2v) is 8.82. The lowest BCUT2D eigenvalue weighted by molar-refractivity contribution is -0.117. The molecule has 3 heterocycles. The van der Waals surface area contributed by atoms with Gasteiger partial charge >= 0.3 is 6.09 Å². The van der Waals surface area contributed by atoms with Crippen LogP contribution in [0.25, 0.3) is 10.9 Å². The average molecular weight is 501 g/mol. The van der Waals surface area contributed by atoms with Gasteiger partial charge in [-0.25, -0.2) is 19.2 Å². The number of rotatable bonds is 6. The van der Waals surface area contributed by atoms with Gasteiger partial charge in [-0.1, -0.05) is 11.6 Å². The average Bonchev–Trinajstić information content (AvgIpc) is 3.45. The summed E-state index contributed by atoms with van der Waals surface area (Å²) in [7, 11) is 2.02. The van der Waals surface area contributed by atoms with E-state index in [1.807, 2.05) is 7.05 Å². The van der Waals surface area contributed by atoms with Gasteiger partial charge in [0.1, 0.15) is 42.5 Å².